The van der Waals surface area contributed by atoms with E-state index in [2.05, 4.69) is 0 Å². The highest BCUT2D eigenvalue weighted by Gasteiger charge is 2.33. The van der Waals surface area contributed by atoms with Gasteiger partial charge >= 0.3 is 5.97 Å². The summed E-state index contributed by atoms with van der Waals surface area (Å²) >= 11 is 0. The van der Waals surface area contributed by atoms with Crippen LogP contribution in [0.15, 0.2) is 24.3 Å². The van der Waals surface area contributed by atoms with Crippen molar-refractivity contribution >= 4 is 21.9 Å². The number of methoxy groups -OCH3 is 1. The Balaban J connectivity index is 2.17. The minimum Gasteiger partial charge on any atom is -0.480 e. The number of carbonyl (C=O) groups is 2. The number of carboxylic acid groups (broad SMARTS) is 1. The van der Waals surface area contributed by atoms with Crippen molar-refractivity contribution in [3.8, 4) is 0 Å². The molecule has 1 aromatic rings. The van der Waals surface area contributed by atoms with Gasteiger partial charge < -0.3 is 14.7 Å². The lowest BCUT2D eigenvalue weighted by molar-refractivity contribution is -0.138. The second-order valence-corrected chi connectivity index (χ2v) is 8.75. The molecule has 1 saturated heterocycles. The minimum atomic E-state index is -3.28. The summed E-state index contributed by atoms with van der Waals surface area (Å²) in [5.41, 5.74) is 1.22. The Hall–Kier alpha value is -1.97. The maximum atomic E-state index is 13.0. The summed E-state index contributed by atoms with van der Waals surface area (Å²) in [6.45, 7) is 2.10. The molecule has 1 aromatic carbocycles. The van der Waals surface area contributed by atoms with Crippen molar-refractivity contribution < 1.29 is 27.9 Å². The zero-order valence-corrected chi connectivity index (χ0v) is 16.4. The predicted molar refractivity (Wildman–Crippen MR) is 99.9 cm³/mol. The molecule has 1 aliphatic heterocycles. The number of carboxylic acids is 1. The molecule has 1 heterocycles. The molecule has 0 aromatic heterocycles. The average Bonchev–Trinajstić information content (AvgIpc) is 2.66. The molecule has 0 radical (unpaired) electrons. The van der Waals surface area contributed by atoms with Gasteiger partial charge in [-0.3, -0.25) is 9.59 Å². The fourth-order valence-corrected chi connectivity index (χ4v) is 4.39. The van der Waals surface area contributed by atoms with E-state index in [9.17, 15) is 23.1 Å². The maximum Gasteiger partial charge on any atom is 0.323 e. The summed E-state index contributed by atoms with van der Waals surface area (Å²) in [6.07, 6.45) is 0.825. The van der Waals surface area contributed by atoms with Crippen LogP contribution in [0.25, 0.3) is 0 Å². The molecule has 9 heteroatoms. The zero-order valence-electron chi connectivity index (χ0n) is 15.6. The van der Waals surface area contributed by atoms with E-state index >= 15 is 0 Å². The molecule has 150 valence electrons. The summed E-state index contributed by atoms with van der Waals surface area (Å²) < 4.78 is 30.5. The van der Waals surface area contributed by atoms with Gasteiger partial charge in [-0.05, 0) is 37.5 Å². The van der Waals surface area contributed by atoms with Crippen molar-refractivity contribution in [3.63, 3.8) is 0 Å². The number of amides is 1. The predicted octanol–water partition coefficient (Wildman–Crippen LogP) is 1.17. The Morgan fingerprint density at radius 3 is 2.52 bits per heavy atom. The van der Waals surface area contributed by atoms with E-state index in [1.54, 1.807) is 32.2 Å². The molecule has 0 atom stereocenters. The molecular formula is C18H26N2O6S. The van der Waals surface area contributed by atoms with Gasteiger partial charge in [-0.25, -0.2) is 12.7 Å². The van der Waals surface area contributed by atoms with Gasteiger partial charge in [0, 0.05) is 31.8 Å². The van der Waals surface area contributed by atoms with Gasteiger partial charge in [0.15, 0.2) is 0 Å². The first-order valence-corrected chi connectivity index (χ1v) is 10.5. The molecular weight excluding hydrogens is 372 g/mol. The quantitative estimate of drug-likeness (QED) is 0.705. The van der Waals surface area contributed by atoms with Gasteiger partial charge in [0.1, 0.15) is 6.54 Å². The van der Waals surface area contributed by atoms with E-state index in [0.29, 0.717) is 25.0 Å². The van der Waals surface area contributed by atoms with Crippen LogP contribution in [0.2, 0.25) is 0 Å². The third-order valence-electron chi connectivity index (χ3n) is 4.67. The summed E-state index contributed by atoms with van der Waals surface area (Å²) in [5, 5.41) is 9.25. The molecule has 27 heavy (non-hydrogen) atoms. The van der Waals surface area contributed by atoms with Crippen LogP contribution >= 0.6 is 0 Å². The largest absolute Gasteiger partial charge is 0.480 e. The van der Waals surface area contributed by atoms with E-state index in [1.165, 1.54) is 9.21 Å². The van der Waals surface area contributed by atoms with Crippen LogP contribution in [0.4, 0.5) is 0 Å². The molecule has 2 rings (SSSR count). The van der Waals surface area contributed by atoms with Crippen molar-refractivity contribution in [2.75, 3.05) is 32.5 Å². The molecule has 0 aliphatic carbocycles. The first-order valence-electron chi connectivity index (χ1n) is 8.87. The molecule has 0 spiro atoms. The fourth-order valence-electron chi connectivity index (χ4n) is 3.25. The Bertz CT molecular complexity index is 772. The number of carbonyl (C=O) groups excluding carboxylic acids is 1. The summed E-state index contributed by atoms with van der Waals surface area (Å²) in [5.74, 6) is -1.44. The maximum absolute atomic E-state index is 13.0. The summed E-state index contributed by atoms with van der Waals surface area (Å²) in [7, 11) is -1.72. The van der Waals surface area contributed by atoms with E-state index in [-0.39, 0.29) is 30.8 Å². The van der Waals surface area contributed by atoms with Crippen molar-refractivity contribution in [2.24, 2.45) is 0 Å². The van der Waals surface area contributed by atoms with Crippen molar-refractivity contribution in [2.45, 2.75) is 32.4 Å². The van der Waals surface area contributed by atoms with E-state index in [0.717, 1.165) is 5.56 Å². The van der Waals surface area contributed by atoms with E-state index in [1.807, 2.05) is 6.07 Å². The first kappa shape index (κ1) is 21.3. The summed E-state index contributed by atoms with van der Waals surface area (Å²) in [6, 6.07) is 6.58. The molecule has 1 amide bonds. The molecule has 1 aliphatic rings. The van der Waals surface area contributed by atoms with Crippen LogP contribution in [-0.2, 0) is 26.2 Å². The highest BCUT2D eigenvalue weighted by molar-refractivity contribution is 7.89. The van der Waals surface area contributed by atoms with Crippen LogP contribution in [0, 0.1) is 0 Å². The minimum absolute atomic E-state index is 0.0295. The highest BCUT2D eigenvalue weighted by Crippen LogP contribution is 2.21. The van der Waals surface area contributed by atoms with Crippen molar-refractivity contribution in [3.05, 3.63) is 35.4 Å². The highest BCUT2D eigenvalue weighted by atomic mass is 32.2. The number of sulfonamides is 1. The lowest BCUT2D eigenvalue weighted by atomic mass is 10.0. The fraction of sp³-hybridized carbons (Fsp3) is 0.556. The van der Waals surface area contributed by atoms with Gasteiger partial charge in [-0.15, -0.1) is 0 Å². The molecule has 1 N–H and O–H groups in total. The Morgan fingerprint density at radius 1 is 1.30 bits per heavy atom. The number of aliphatic carboxylic acids is 1. The number of nitrogens with zero attached hydrogens (tertiary/aromatic N) is 2. The van der Waals surface area contributed by atoms with Crippen LogP contribution < -0.4 is 0 Å². The van der Waals surface area contributed by atoms with Gasteiger partial charge in [0.25, 0.3) is 5.91 Å². The molecule has 0 bridgehead atoms. The Kier molecular flexibility index (Phi) is 7.34. The van der Waals surface area contributed by atoms with Crippen molar-refractivity contribution in [1.29, 1.82) is 0 Å². The molecule has 0 saturated carbocycles. The smallest absolute Gasteiger partial charge is 0.323 e. The monoisotopic (exact) mass is 398 g/mol. The standard InChI is InChI=1S/C18H26N2O6S/c1-3-27(24,25)19-9-7-16(8-10-19)20(12-17(21)22)18(23)15-6-4-5-14(11-15)13-26-2/h4-6,11,16H,3,7-10,12-13H2,1-2H3,(H,21,22). The number of ether oxygens (including phenoxy) is 1. The molecule has 0 unspecified atom stereocenters. The average molecular weight is 398 g/mol. The third-order valence-corrected chi connectivity index (χ3v) is 6.56. The number of benzene rings is 1. The second-order valence-electron chi connectivity index (χ2n) is 6.49. The van der Waals surface area contributed by atoms with Gasteiger partial charge in [-0.1, -0.05) is 12.1 Å². The topological polar surface area (TPSA) is 104 Å². The SMILES string of the molecule is CCS(=O)(=O)N1CCC(N(CC(=O)O)C(=O)c2cccc(COC)c2)CC1. The van der Waals surface area contributed by atoms with E-state index < -0.39 is 22.5 Å². The molecule has 8 nitrogen and oxygen atoms in total. The normalized spacial score (nSPS) is 16.2. The zero-order chi connectivity index (χ0) is 20.0. The van der Waals surface area contributed by atoms with Gasteiger partial charge in [-0.2, -0.15) is 0 Å². The number of rotatable bonds is 8. The lowest BCUT2D eigenvalue weighted by Crippen LogP contribution is -2.50. The summed E-state index contributed by atoms with van der Waals surface area (Å²) in [4.78, 5) is 25.6. The van der Waals surface area contributed by atoms with E-state index in [4.69, 9.17) is 4.74 Å². The first-order chi connectivity index (χ1) is 12.8. The van der Waals surface area contributed by atoms with Crippen LogP contribution in [0.1, 0.15) is 35.7 Å². The Morgan fingerprint density at radius 2 is 1.96 bits per heavy atom. The van der Waals surface area contributed by atoms with Gasteiger partial charge in [0.05, 0.1) is 12.4 Å². The molecule has 1 fully saturated rings. The van der Waals surface area contributed by atoms with Crippen molar-refractivity contribution in [1.82, 2.24) is 9.21 Å². The third kappa shape index (κ3) is 5.50. The van der Waals surface area contributed by atoms with Crippen LogP contribution in [0.3, 0.4) is 0 Å². The number of hydrogen-bond donors (Lipinski definition) is 1. The number of piperidine rings is 1. The number of hydrogen-bond acceptors (Lipinski definition) is 5. The second kappa shape index (κ2) is 9.29. The van der Waals surface area contributed by atoms with Crippen LogP contribution in [0.5, 0.6) is 0 Å². The van der Waals surface area contributed by atoms with Crippen LogP contribution in [-0.4, -0.2) is 73.1 Å². The lowest BCUT2D eigenvalue weighted by Gasteiger charge is -2.37. The Labute approximate surface area is 159 Å². The van der Waals surface area contributed by atoms with Gasteiger partial charge in [0.2, 0.25) is 10.0 Å².